The van der Waals surface area contributed by atoms with Gasteiger partial charge in [-0.1, -0.05) is 12.1 Å². The molecule has 1 aromatic rings. The fourth-order valence-electron chi connectivity index (χ4n) is 2.36. The van der Waals surface area contributed by atoms with Crippen LogP contribution in [0, 0.1) is 17.7 Å². The van der Waals surface area contributed by atoms with Gasteiger partial charge in [-0.2, -0.15) is 0 Å². The summed E-state index contributed by atoms with van der Waals surface area (Å²) in [6, 6.07) is 6.08. The molecule has 1 saturated heterocycles. The number of ether oxygens (including phenoxy) is 1. The van der Waals surface area contributed by atoms with E-state index in [1.54, 1.807) is 12.1 Å². The zero-order valence-electron chi connectivity index (χ0n) is 11.7. The van der Waals surface area contributed by atoms with Gasteiger partial charge in [0, 0.05) is 19.1 Å². The number of benzene rings is 1. The monoisotopic (exact) mass is 295 g/mol. The highest BCUT2D eigenvalue weighted by molar-refractivity contribution is 5.96. The lowest BCUT2D eigenvalue weighted by atomic mass is 9.95. The molecule has 5 nitrogen and oxygen atoms in total. The van der Waals surface area contributed by atoms with Crippen molar-refractivity contribution in [3.63, 3.8) is 0 Å². The maximum atomic E-state index is 12.9. The van der Waals surface area contributed by atoms with Crippen LogP contribution in [0.1, 0.15) is 25.0 Å². The summed E-state index contributed by atoms with van der Waals surface area (Å²) in [6.07, 6.45) is 0.565. The second-order valence-electron chi connectivity index (χ2n) is 5.20. The van der Waals surface area contributed by atoms with E-state index in [0.29, 0.717) is 13.2 Å². The van der Waals surface area contributed by atoms with E-state index >= 15 is 0 Å². The first-order chi connectivity index (χ1) is 9.99. The van der Waals surface area contributed by atoms with Crippen molar-refractivity contribution in [3.8, 4) is 0 Å². The minimum Gasteiger partial charge on any atom is -0.481 e. The predicted molar refractivity (Wildman–Crippen MR) is 73.0 cm³/mol. The van der Waals surface area contributed by atoms with E-state index in [0.717, 1.165) is 12.0 Å². The summed E-state index contributed by atoms with van der Waals surface area (Å²) in [7, 11) is 0. The molecule has 2 N–H and O–H groups in total. The van der Waals surface area contributed by atoms with Crippen LogP contribution in [-0.2, 0) is 14.3 Å². The van der Waals surface area contributed by atoms with E-state index in [9.17, 15) is 14.0 Å². The third kappa shape index (κ3) is 3.78. The van der Waals surface area contributed by atoms with Crippen molar-refractivity contribution >= 4 is 11.9 Å². The van der Waals surface area contributed by atoms with Gasteiger partial charge < -0.3 is 15.2 Å². The smallest absolute Gasteiger partial charge is 0.315 e. The van der Waals surface area contributed by atoms with Gasteiger partial charge in [-0.05, 0) is 31.0 Å². The van der Waals surface area contributed by atoms with Crippen LogP contribution in [0.4, 0.5) is 4.39 Å². The van der Waals surface area contributed by atoms with Crippen molar-refractivity contribution < 1.29 is 23.8 Å². The Kier molecular flexibility index (Phi) is 4.90. The number of hydrogen-bond donors (Lipinski definition) is 2. The zero-order chi connectivity index (χ0) is 15.4. The summed E-state index contributed by atoms with van der Waals surface area (Å²) in [6.45, 7) is 2.26. The van der Waals surface area contributed by atoms with Crippen LogP contribution < -0.4 is 5.32 Å². The Morgan fingerprint density at radius 3 is 2.71 bits per heavy atom. The summed E-state index contributed by atoms with van der Waals surface area (Å²) in [5.74, 6) is -2.98. The summed E-state index contributed by atoms with van der Waals surface area (Å²) in [5, 5.41) is 11.4. The molecule has 21 heavy (non-hydrogen) atoms. The van der Waals surface area contributed by atoms with E-state index in [2.05, 4.69) is 5.32 Å². The highest BCUT2D eigenvalue weighted by Gasteiger charge is 2.31. The van der Waals surface area contributed by atoms with Crippen molar-refractivity contribution in [2.24, 2.45) is 11.8 Å². The molecule has 0 bridgehead atoms. The first-order valence-electron chi connectivity index (χ1n) is 6.86. The van der Waals surface area contributed by atoms with Gasteiger partial charge in [-0.25, -0.2) is 4.39 Å². The van der Waals surface area contributed by atoms with E-state index < -0.39 is 17.8 Å². The van der Waals surface area contributed by atoms with Gasteiger partial charge in [0.1, 0.15) is 11.7 Å². The number of hydrogen-bond acceptors (Lipinski definition) is 3. The van der Waals surface area contributed by atoms with Gasteiger partial charge in [-0.15, -0.1) is 0 Å². The van der Waals surface area contributed by atoms with Gasteiger partial charge >= 0.3 is 5.97 Å². The van der Waals surface area contributed by atoms with E-state index in [1.807, 2.05) is 0 Å². The van der Waals surface area contributed by atoms with E-state index in [-0.39, 0.29) is 17.8 Å². The molecule has 1 fully saturated rings. The number of amides is 1. The summed E-state index contributed by atoms with van der Waals surface area (Å²) in [4.78, 5) is 22.4. The van der Waals surface area contributed by atoms with Crippen molar-refractivity contribution in [2.45, 2.75) is 19.4 Å². The van der Waals surface area contributed by atoms with Crippen molar-refractivity contribution in [1.29, 1.82) is 0 Å². The predicted octanol–water partition coefficient (Wildman–Crippen LogP) is 1.74. The maximum Gasteiger partial charge on any atom is 0.315 e. The molecule has 1 aliphatic heterocycles. The van der Waals surface area contributed by atoms with Crippen LogP contribution >= 0.6 is 0 Å². The quantitative estimate of drug-likeness (QED) is 0.811. The molecule has 0 radical (unpaired) electrons. The van der Waals surface area contributed by atoms with Gasteiger partial charge in [0.15, 0.2) is 0 Å². The molecule has 1 aromatic carbocycles. The molecule has 2 rings (SSSR count). The van der Waals surface area contributed by atoms with Crippen molar-refractivity contribution in [1.82, 2.24) is 5.32 Å². The molecular weight excluding hydrogens is 277 g/mol. The molecule has 0 spiro atoms. The number of halogens is 1. The number of carboxylic acid groups (broad SMARTS) is 1. The average Bonchev–Trinajstić information content (AvgIpc) is 2.93. The number of rotatable bonds is 5. The molecule has 6 heteroatoms. The molecule has 3 atom stereocenters. The largest absolute Gasteiger partial charge is 0.481 e. The van der Waals surface area contributed by atoms with Crippen LogP contribution in [0.3, 0.4) is 0 Å². The van der Waals surface area contributed by atoms with Crippen LogP contribution in [0.2, 0.25) is 0 Å². The number of nitrogens with one attached hydrogen (secondary N) is 1. The lowest BCUT2D eigenvalue weighted by Gasteiger charge is -2.20. The van der Waals surface area contributed by atoms with E-state index in [1.165, 1.54) is 19.1 Å². The van der Waals surface area contributed by atoms with Crippen molar-refractivity contribution in [2.75, 3.05) is 13.2 Å². The highest BCUT2D eigenvalue weighted by Crippen LogP contribution is 2.34. The second kappa shape index (κ2) is 6.67. The van der Waals surface area contributed by atoms with Crippen LogP contribution in [0.15, 0.2) is 24.3 Å². The Morgan fingerprint density at radius 1 is 1.43 bits per heavy atom. The maximum absolute atomic E-state index is 12.9. The Morgan fingerprint density at radius 2 is 2.10 bits per heavy atom. The summed E-state index contributed by atoms with van der Waals surface area (Å²) >= 11 is 0. The molecule has 1 heterocycles. The SMILES string of the molecule is CC(C(=O)O)C(=O)NC[C@@H]1CCO[C@H]1c1ccc(F)cc1. The number of carbonyl (C=O) groups is 2. The molecule has 1 aliphatic rings. The Hall–Kier alpha value is -1.95. The summed E-state index contributed by atoms with van der Waals surface area (Å²) in [5.41, 5.74) is 0.861. The lowest BCUT2D eigenvalue weighted by Crippen LogP contribution is -2.37. The molecule has 0 aliphatic carbocycles. The molecule has 0 saturated carbocycles. The second-order valence-corrected chi connectivity index (χ2v) is 5.20. The Labute approximate surface area is 122 Å². The van der Waals surface area contributed by atoms with Gasteiger partial charge in [0.05, 0.1) is 6.10 Å². The standard InChI is InChI=1S/C15H18FNO4/c1-9(15(19)20)14(18)17-8-11-6-7-21-13(11)10-2-4-12(16)5-3-10/h2-5,9,11,13H,6-8H2,1H3,(H,17,18)(H,19,20)/t9?,11-,13-/m0/s1. The fourth-order valence-corrected chi connectivity index (χ4v) is 2.36. The third-order valence-electron chi connectivity index (χ3n) is 3.71. The van der Waals surface area contributed by atoms with Gasteiger partial charge in [0.2, 0.25) is 5.91 Å². The van der Waals surface area contributed by atoms with E-state index in [4.69, 9.17) is 9.84 Å². The first kappa shape index (κ1) is 15.4. The van der Waals surface area contributed by atoms with Crippen LogP contribution in [0.5, 0.6) is 0 Å². The van der Waals surface area contributed by atoms with Crippen LogP contribution in [0.25, 0.3) is 0 Å². The lowest BCUT2D eigenvalue weighted by molar-refractivity contribution is -0.146. The first-order valence-corrected chi connectivity index (χ1v) is 6.86. The number of aliphatic carboxylic acids is 1. The van der Waals surface area contributed by atoms with Crippen LogP contribution in [-0.4, -0.2) is 30.1 Å². The van der Waals surface area contributed by atoms with Gasteiger partial charge in [-0.3, -0.25) is 9.59 Å². The molecule has 0 aromatic heterocycles. The molecule has 1 amide bonds. The zero-order valence-corrected chi connectivity index (χ0v) is 11.7. The minimum atomic E-state index is -1.15. The minimum absolute atomic E-state index is 0.0559. The Bertz CT molecular complexity index is 517. The molecular formula is C15H18FNO4. The number of carboxylic acids is 1. The normalized spacial score (nSPS) is 22.8. The number of carbonyl (C=O) groups excluding carboxylic acids is 1. The molecule has 1 unspecified atom stereocenters. The third-order valence-corrected chi connectivity index (χ3v) is 3.71. The molecule has 114 valence electrons. The highest BCUT2D eigenvalue weighted by atomic mass is 19.1. The fraction of sp³-hybridized carbons (Fsp3) is 0.467. The summed E-state index contributed by atoms with van der Waals surface area (Å²) < 4.78 is 18.6. The Balaban J connectivity index is 1.95. The average molecular weight is 295 g/mol. The van der Waals surface area contributed by atoms with Gasteiger partial charge in [0.25, 0.3) is 0 Å². The van der Waals surface area contributed by atoms with Crippen molar-refractivity contribution in [3.05, 3.63) is 35.6 Å². The topological polar surface area (TPSA) is 75.6 Å².